The quantitative estimate of drug-likeness (QED) is 0.570. The van der Waals surface area contributed by atoms with E-state index >= 15 is 0 Å². The van der Waals surface area contributed by atoms with Crippen molar-refractivity contribution in [3.63, 3.8) is 0 Å². The Morgan fingerprint density at radius 1 is 1.42 bits per heavy atom. The van der Waals surface area contributed by atoms with Crippen LogP contribution in [0.3, 0.4) is 0 Å². The molecule has 0 aromatic carbocycles. The Labute approximate surface area is 113 Å². The Bertz CT molecular complexity index is 532. The number of nitrogens with one attached hydrogen (secondary N) is 2. The van der Waals surface area contributed by atoms with Gasteiger partial charge in [-0.05, 0) is 24.8 Å². The molecule has 2 unspecified atom stereocenters. The van der Waals surface area contributed by atoms with Crippen LogP contribution < -0.4 is 16.0 Å². The SMILES string of the molecule is CC1CCCC(NS(=O)(=O)c2ccnc(NN)c2)C1. The van der Waals surface area contributed by atoms with Crippen molar-refractivity contribution in [3.8, 4) is 0 Å². The maximum Gasteiger partial charge on any atom is 0.241 e. The first-order valence-corrected chi connectivity index (χ1v) is 7.94. The molecule has 6 nitrogen and oxygen atoms in total. The Balaban J connectivity index is 2.13. The molecule has 1 aliphatic carbocycles. The zero-order valence-corrected chi connectivity index (χ0v) is 11.8. The van der Waals surface area contributed by atoms with E-state index in [0.717, 1.165) is 19.3 Å². The van der Waals surface area contributed by atoms with Crippen molar-refractivity contribution in [2.45, 2.75) is 43.5 Å². The summed E-state index contributed by atoms with van der Waals surface area (Å²) in [6, 6.07) is 2.92. The highest BCUT2D eigenvalue weighted by molar-refractivity contribution is 7.89. The van der Waals surface area contributed by atoms with Crippen molar-refractivity contribution >= 4 is 15.8 Å². The molecule has 0 bridgehead atoms. The minimum atomic E-state index is -3.50. The largest absolute Gasteiger partial charge is 0.308 e. The molecular formula is C12H20N4O2S. The van der Waals surface area contributed by atoms with Crippen LogP contribution >= 0.6 is 0 Å². The standard InChI is InChI=1S/C12H20N4O2S/c1-9-3-2-4-10(7-9)16-19(17,18)11-5-6-14-12(8-11)15-13/h5-6,8-10,16H,2-4,7,13H2,1H3,(H,14,15). The van der Waals surface area contributed by atoms with E-state index in [1.54, 1.807) is 0 Å². The molecule has 1 heterocycles. The summed E-state index contributed by atoms with van der Waals surface area (Å²) >= 11 is 0. The fraction of sp³-hybridized carbons (Fsp3) is 0.583. The van der Waals surface area contributed by atoms with Crippen LogP contribution in [0.15, 0.2) is 23.2 Å². The van der Waals surface area contributed by atoms with E-state index in [4.69, 9.17) is 5.84 Å². The maximum atomic E-state index is 12.3. The number of aromatic nitrogens is 1. The van der Waals surface area contributed by atoms with Crippen LogP contribution in [-0.4, -0.2) is 19.4 Å². The summed E-state index contributed by atoms with van der Waals surface area (Å²) < 4.78 is 27.3. The first kappa shape index (κ1) is 14.2. The fourth-order valence-corrected chi connectivity index (χ4v) is 3.78. The molecule has 0 spiro atoms. The minimum absolute atomic E-state index is 0.0243. The molecule has 4 N–H and O–H groups in total. The molecule has 106 valence electrons. The van der Waals surface area contributed by atoms with Gasteiger partial charge in [-0.3, -0.25) is 0 Å². The number of nitrogen functional groups attached to an aromatic ring is 1. The predicted octanol–water partition coefficient (Wildman–Crippen LogP) is 1.22. The van der Waals surface area contributed by atoms with Gasteiger partial charge in [0.2, 0.25) is 10.0 Å². The van der Waals surface area contributed by atoms with Crippen LogP contribution in [0.5, 0.6) is 0 Å². The summed E-state index contributed by atoms with van der Waals surface area (Å²) in [6.07, 6.45) is 5.46. The van der Waals surface area contributed by atoms with Crippen molar-refractivity contribution in [1.82, 2.24) is 9.71 Å². The lowest BCUT2D eigenvalue weighted by molar-refractivity contribution is 0.327. The highest BCUT2D eigenvalue weighted by Crippen LogP contribution is 2.25. The van der Waals surface area contributed by atoms with E-state index in [2.05, 4.69) is 22.1 Å². The third-order valence-electron chi connectivity index (χ3n) is 3.45. The third-order valence-corrected chi connectivity index (χ3v) is 4.97. The molecule has 19 heavy (non-hydrogen) atoms. The molecule has 0 saturated heterocycles. The number of sulfonamides is 1. The van der Waals surface area contributed by atoms with Crippen molar-refractivity contribution in [2.24, 2.45) is 11.8 Å². The third kappa shape index (κ3) is 3.65. The molecule has 1 aromatic rings. The average Bonchev–Trinajstić information content (AvgIpc) is 2.38. The Morgan fingerprint density at radius 3 is 2.89 bits per heavy atom. The topological polar surface area (TPSA) is 97.1 Å². The van der Waals surface area contributed by atoms with Gasteiger partial charge in [0, 0.05) is 18.3 Å². The summed E-state index contributed by atoms with van der Waals surface area (Å²) in [5.41, 5.74) is 2.35. The number of rotatable bonds is 4. The number of nitrogens with two attached hydrogens (primary N) is 1. The van der Waals surface area contributed by atoms with Crippen molar-refractivity contribution in [2.75, 3.05) is 5.43 Å². The number of pyridine rings is 1. The summed E-state index contributed by atoms with van der Waals surface area (Å²) in [7, 11) is -3.50. The van der Waals surface area contributed by atoms with Gasteiger partial charge in [-0.2, -0.15) is 0 Å². The van der Waals surface area contributed by atoms with Crippen LogP contribution in [0.2, 0.25) is 0 Å². The minimum Gasteiger partial charge on any atom is -0.308 e. The zero-order valence-electron chi connectivity index (χ0n) is 11.0. The monoisotopic (exact) mass is 284 g/mol. The molecule has 1 saturated carbocycles. The second-order valence-corrected chi connectivity index (χ2v) is 6.83. The van der Waals surface area contributed by atoms with Gasteiger partial charge >= 0.3 is 0 Å². The highest BCUT2D eigenvalue weighted by atomic mass is 32.2. The summed E-state index contributed by atoms with van der Waals surface area (Å²) in [5, 5.41) is 0. The molecule has 1 aromatic heterocycles. The number of anilines is 1. The molecule has 0 amide bonds. The second kappa shape index (κ2) is 5.85. The molecule has 7 heteroatoms. The summed E-state index contributed by atoms with van der Waals surface area (Å²) in [5.74, 6) is 6.14. The van der Waals surface area contributed by atoms with E-state index in [1.165, 1.54) is 24.8 Å². The Hall–Kier alpha value is -1.18. The number of hydrogen-bond donors (Lipinski definition) is 3. The molecule has 0 aliphatic heterocycles. The lowest BCUT2D eigenvalue weighted by atomic mass is 9.88. The van der Waals surface area contributed by atoms with E-state index in [1.807, 2.05) is 0 Å². The van der Waals surface area contributed by atoms with Gasteiger partial charge in [-0.25, -0.2) is 24.0 Å². The van der Waals surface area contributed by atoms with E-state index in [0.29, 0.717) is 11.7 Å². The molecule has 1 aliphatic rings. The van der Waals surface area contributed by atoms with Gasteiger partial charge in [-0.1, -0.05) is 19.8 Å². The van der Waals surface area contributed by atoms with Crippen LogP contribution in [0.1, 0.15) is 32.6 Å². The number of hydrogen-bond acceptors (Lipinski definition) is 5. The van der Waals surface area contributed by atoms with Crippen molar-refractivity contribution in [3.05, 3.63) is 18.3 Å². The van der Waals surface area contributed by atoms with E-state index < -0.39 is 10.0 Å². The Morgan fingerprint density at radius 2 is 2.21 bits per heavy atom. The molecular weight excluding hydrogens is 264 g/mol. The lowest BCUT2D eigenvalue weighted by Crippen LogP contribution is -2.38. The number of hydrazine groups is 1. The summed E-state index contributed by atoms with van der Waals surface area (Å²) in [6.45, 7) is 2.16. The molecule has 2 rings (SSSR count). The van der Waals surface area contributed by atoms with Crippen molar-refractivity contribution < 1.29 is 8.42 Å². The van der Waals surface area contributed by atoms with Gasteiger partial charge in [0.25, 0.3) is 0 Å². The summed E-state index contributed by atoms with van der Waals surface area (Å²) in [4.78, 5) is 4.09. The highest BCUT2D eigenvalue weighted by Gasteiger charge is 2.24. The molecule has 1 fully saturated rings. The van der Waals surface area contributed by atoms with E-state index in [9.17, 15) is 8.42 Å². The maximum absolute atomic E-state index is 12.3. The van der Waals surface area contributed by atoms with Crippen molar-refractivity contribution in [1.29, 1.82) is 0 Å². The first-order valence-electron chi connectivity index (χ1n) is 6.46. The van der Waals surface area contributed by atoms with Gasteiger partial charge < -0.3 is 5.43 Å². The van der Waals surface area contributed by atoms with Crippen LogP contribution in [-0.2, 0) is 10.0 Å². The first-order chi connectivity index (χ1) is 9.01. The molecule has 0 radical (unpaired) electrons. The van der Waals surface area contributed by atoms with Crippen LogP contribution in [0.4, 0.5) is 5.82 Å². The lowest BCUT2D eigenvalue weighted by Gasteiger charge is -2.27. The van der Waals surface area contributed by atoms with E-state index in [-0.39, 0.29) is 10.9 Å². The smallest absolute Gasteiger partial charge is 0.241 e. The van der Waals surface area contributed by atoms with Gasteiger partial charge in [-0.15, -0.1) is 0 Å². The van der Waals surface area contributed by atoms with Gasteiger partial charge in [0.05, 0.1) is 4.90 Å². The average molecular weight is 284 g/mol. The second-order valence-electron chi connectivity index (χ2n) is 5.11. The number of nitrogens with zero attached hydrogens (tertiary/aromatic N) is 1. The van der Waals surface area contributed by atoms with Crippen LogP contribution in [0.25, 0.3) is 0 Å². The van der Waals surface area contributed by atoms with Gasteiger partial charge in [0.15, 0.2) is 0 Å². The zero-order chi connectivity index (χ0) is 13.9. The molecule has 2 atom stereocenters. The predicted molar refractivity (Wildman–Crippen MR) is 73.8 cm³/mol. The normalized spacial score (nSPS) is 24.1. The van der Waals surface area contributed by atoms with Gasteiger partial charge in [0.1, 0.15) is 5.82 Å². The van der Waals surface area contributed by atoms with Crippen LogP contribution in [0, 0.1) is 5.92 Å². The fourth-order valence-electron chi connectivity index (χ4n) is 2.49. The Kier molecular flexibility index (Phi) is 4.38.